The maximum absolute atomic E-state index is 12.7. The molecule has 0 saturated carbocycles. The molecule has 0 atom stereocenters. The molecule has 1 N–H and O–H groups in total. The normalized spacial score (nSPS) is 11.4. The Morgan fingerprint density at radius 2 is 1.89 bits per heavy atom. The number of nitrogens with one attached hydrogen (secondary N) is 1. The fourth-order valence-electron chi connectivity index (χ4n) is 2.71. The highest BCUT2D eigenvalue weighted by Crippen LogP contribution is 2.29. The third kappa shape index (κ3) is 4.09. The highest BCUT2D eigenvalue weighted by atomic mass is 32.2. The number of nitrogens with zero attached hydrogens (tertiary/aromatic N) is 1. The number of rotatable bonds is 5. The van der Waals surface area contributed by atoms with E-state index in [-0.39, 0.29) is 16.2 Å². The Morgan fingerprint density at radius 3 is 2.63 bits per heavy atom. The molecule has 1 amide bonds. The molecule has 1 heterocycles. The molecule has 0 spiro atoms. The van der Waals surface area contributed by atoms with E-state index in [1.54, 1.807) is 19.1 Å². The van der Waals surface area contributed by atoms with Crippen LogP contribution in [-0.2, 0) is 9.84 Å². The van der Waals surface area contributed by atoms with Crippen molar-refractivity contribution in [3.8, 4) is 11.3 Å². The first-order valence-corrected chi connectivity index (χ1v) is 11.0. The SMILES string of the molecule is CCS(=O)(=O)c1ccccc1C(=O)Nc1nc(-c2cc(C)ccc2C)cs1. The van der Waals surface area contributed by atoms with Crippen molar-refractivity contribution in [3.63, 3.8) is 0 Å². The largest absolute Gasteiger partial charge is 0.298 e. The summed E-state index contributed by atoms with van der Waals surface area (Å²) in [7, 11) is -3.49. The number of sulfone groups is 1. The first-order valence-electron chi connectivity index (χ1n) is 8.48. The second-order valence-electron chi connectivity index (χ2n) is 6.21. The molecule has 0 aliphatic carbocycles. The van der Waals surface area contributed by atoms with Crippen molar-refractivity contribution in [1.29, 1.82) is 0 Å². The zero-order chi connectivity index (χ0) is 19.6. The molecule has 0 radical (unpaired) electrons. The number of amides is 1. The molecule has 0 aliphatic rings. The van der Waals surface area contributed by atoms with Crippen LogP contribution in [0.25, 0.3) is 11.3 Å². The van der Waals surface area contributed by atoms with Gasteiger partial charge in [-0.25, -0.2) is 13.4 Å². The predicted octanol–water partition coefficient (Wildman–Crippen LogP) is 4.47. The van der Waals surface area contributed by atoms with E-state index in [0.29, 0.717) is 5.13 Å². The van der Waals surface area contributed by atoms with E-state index in [0.717, 1.165) is 22.4 Å². The molecular formula is C20H20N2O3S2. The molecule has 0 aliphatic heterocycles. The minimum Gasteiger partial charge on any atom is -0.298 e. The number of aryl methyl sites for hydroxylation is 2. The minimum atomic E-state index is -3.49. The van der Waals surface area contributed by atoms with Crippen LogP contribution in [0.4, 0.5) is 5.13 Å². The highest BCUT2D eigenvalue weighted by Gasteiger charge is 2.21. The van der Waals surface area contributed by atoms with Crippen molar-refractivity contribution in [1.82, 2.24) is 4.98 Å². The fourth-order valence-corrected chi connectivity index (χ4v) is 4.51. The van der Waals surface area contributed by atoms with Crippen LogP contribution in [-0.4, -0.2) is 25.1 Å². The van der Waals surface area contributed by atoms with Crippen molar-refractivity contribution in [2.75, 3.05) is 11.1 Å². The zero-order valence-corrected chi connectivity index (χ0v) is 16.9. The molecule has 0 unspecified atom stereocenters. The van der Waals surface area contributed by atoms with Crippen LogP contribution < -0.4 is 5.32 Å². The van der Waals surface area contributed by atoms with Crippen LogP contribution in [0.3, 0.4) is 0 Å². The number of carbonyl (C=O) groups excluding carboxylic acids is 1. The lowest BCUT2D eigenvalue weighted by Crippen LogP contribution is -2.17. The smallest absolute Gasteiger partial charge is 0.258 e. The summed E-state index contributed by atoms with van der Waals surface area (Å²) in [5.41, 5.74) is 4.16. The molecule has 3 rings (SSSR count). The van der Waals surface area contributed by atoms with E-state index in [4.69, 9.17) is 0 Å². The second kappa shape index (κ2) is 7.62. The molecule has 0 saturated heterocycles. The quantitative estimate of drug-likeness (QED) is 0.685. The van der Waals surface area contributed by atoms with E-state index < -0.39 is 15.7 Å². The Morgan fingerprint density at radius 1 is 1.15 bits per heavy atom. The highest BCUT2D eigenvalue weighted by molar-refractivity contribution is 7.91. The van der Waals surface area contributed by atoms with Crippen LogP contribution in [0.2, 0.25) is 0 Å². The van der Waals surface area contributed by atoms with E-state index in [1.807, 2.05) is 31.4 Å². The lowest BCUT2D eigenvalue weighted by Gasteiger charge is -2.08. The maximum Gasteiger partial charge on any atom is 0.258 e. The third-order valence-electron chi connectivity index (χ3n) is 4.24. The summed E-state index contributed by atoms with van der Waals surface area (Å²) in [6, 6.07) is 12.4. The average molecular weight is 401 g/mol. The summed E-state index contributed by atoms with van der Waals surface area (Å²) in [5, 5.41) is 5.03. The van der Waals surface area contributed by atoms with Crippen molar-refractivity contribution < 1.29 is 13.2 Å². The molecule has 7 heteroatoms. The second-order valence-corrected chi connectivity index (χ2v) is 9.31. The first-order chi connectivity index (χ1) is 12.8. The molecule has 0 bridgehead atoms. The van der Waals surface area contributed by atoms with E-state index in [1.165, 1.54) is 23.5 Å². The number of hydrogen-bond donors (Lipinski definition) is 1. The van der Waals surface area contributed by atoms with Crippen LogP contribution >= 0.6 is 11.3 Å². The third-order valence-corrected chi connectivity index (χ3v) is 6.78. The van der Waals surface area contributed by atoms with Crippen molar-refractivity contribution in [2.24, 2.45) is 0 Å². The standard InChI is InChI=1S/C20H20N2O3S2/c1-4-27(24,25)18-8-6-5-7-15(18)19(23)22-20-21-17(12-26-20)16-11-13(2)9-10-14(16)3/h5-12H,4H2,1-3H3,(H,21,22,23). The minimum absolute atomic E-state index is 0.0382. The number of carbonyl (C=O) groups is 1. The van der Waals surface area contributed by atoms with Crippen molar-refractivity contribution in [3.05, 3.63) is 64.5 Å². The van der Waals surface area contributed by atoms with Gasteiger partial charge in [-0.1, -0.05) is 36.8 Å². The summed E-state index contributed by atoms with van der Waals surface area (Å²) in [5.74, 6) is -0.546. The van der Waals surface area contributed by atoms with Crippen LogP contribution in [0.5, 0.6) is 0 Å². The first kappa shape index (κ1) is 19.3. The average Bonchev–Trinajstić information content (AvgIpc) is 3.12. The number of benzene rings is 2. The molecule has 140 valence electrons. The Bertz CT molecular complexity index is 1100. The van der Waals surface area contributed by atoms with Gasteiger partial charge in [-0.3, -0.25) is 10.1 Å². The van der Waals surface area contributed by atoms with Crippen LogP contribution in [0, 0.1) is 13.8 Å². The predicted molar refractivity (Wildman–Crippen MR) is 109 cm³/mol. The number of aromatic nitrogens is 1. The van der Waals surface area contributed by atoms with Crippen molar-refractivity contribution >= 4 is 32.2 Å². The van der Waals surface area contributed by atoms with Gasteiger partial charge >= 0.3 is 0 Å². The van der Waals surface area contributed by atoms with Gasteiger partial charge in [0.1, 0.15) is 0 Å². The molecule has 1 aromatic heterocycles. The van der Waals surface area contributed by atoms with Gasteiger partial charge in [-0.05, 0) is 37.6 Å². The molecule has 27 heavy (non-hydrogen) atoms. The lowest BCUT2D eigenvalue weighted by atomic mass is 10.0. The monoisotopic (exact) mass is 400 g/mol. The van der Waals surface area contributed by atoms with Gasteiger partial charge < -0.3 is 0 Å². The molecule has 3 aromatic rings. The van der Waals surface area contributed by atoms with Gasteiger partial charge in [0.15, 0.2) is 15.0 Å². The maximum atomic E-state index is 12.7. The van der Waals surface area contributed by atoms with Gasteiger partial charge in [0, 0.05) is 10.9 Å². The van der Waals surface area contributed by atoms with Gasteiger partial charge in [0.05, 0.1) is 21.9 Å². The van der Waals surface area contributed by atoms with Crippen molar-refractivity contribution in [2.45, 2.75) is 25.7 Å². The Labute approximate surface area is 163 Å². The van der Waals surface area contributed by atoms with Crippen LogP contribution in [0.1, 0.15) is 28.4 Å². The molecule has 0 fully saturated rings. The molecular weight excluding hydrogens is 380 g/mol. The zero-order valence-electron chi connectivity index (χ0n) is 15.3. The van der Waals surface area contributed by atoms with E-state index >= 15 is 0 Å². The van der Waals surface area contributed by atoms with E-state index in [9.17, 15) is 13.2 Å². The summed E-state index contributed by atoms with van der Waals surface area (Å²) in [6.45, 7) is 5.59. The van der Waals surface area contributed by atoms with Gasteiger partial charge in [-0.2, -0.15) is 0 Å². The Hall–Kier alpha value is -2.51. The molecule has 5 nitrogen and oxygen atoms in total. The summed E-state index contributed by atoms with van der Waals surface area (Å²) < 4.78 is 24.5. The van der Waals surface area contributed by atoms with E-state index in [2.05, 4.69) is 16.4 Å². The molecule has 2 aromatic carbocycles. The number of anilines is 1. The fraction of sp³-hybridized carbons (Fsp3) is 0.200. The topological polar surface area (TPSA) is 76.1 Å². The lowest BCUT2D eigenvalue weighted by molar-refractivity contribution is 0.102. The van der Waals surface area contributed by atoms with Gasteiger partial charge in [-0.15, -0.1) is 11.3 Å². The number of hydrogen-bond acceptors (Lipinski definition) is 5. The van der Waals surface area contributed by atoms with Gasteiger partial charge in [0.25, 0.3) is 5.91 Å². The Kier molecular flexibility index (Phi) is 5.43. The summed E-state index contributed by atoms with van der Waals surface area (Å²) in [4.78, 5) is 17.2. The van der Waals surface area contributed by atoms with Gasteiger partial charge in [0.2, 0.25) is 0 Å². The van der Waals surface area contributed by atoms with Crippen LogP contribution in [0.15, 0.2) is 52.7 Å². The Balaban J connectivity index is 1.89. The summed E-state index contributed by atoms with van der Waals surface area (Å²) >= 11 is 1.31. The number of thiazole rings is 1. The summed E-state index contributed by atoms with van der Waals surface area (Å²) in [6.07, 6.45) is 0.